The molecule has 16 heavy (non-hydrogen) atoms. The molecule has 0 amide bonds. The van der Waals surface area contributed by atoms with Crippen molar-refractivity contribution >= 4 is 5.78 Å². The first-order valence-electron chi connectivity index (χ1n) is 5.34. The van der Waals surface area contributed by atoms with E-state index in [1.54, 1.807) is 12.3 Å². The van der Waals surface area contributed by atoms with Gasteiger partial charge in [-0.2, -0.15) is 0 Å². The van der Waals surface area contributed by atoms with Crippen LogP contribution in [0.4, 0.5) is 0 Å². The minimum atomic E-state index is 0.101. The molecule has 2 rings (SSSR count). The summed E-state index contributed by atoms with van der Waals surface area (Å²) >= 11 is 0. The number of benzene rings is 1. The van der Waals surface area contributed by atoms with Gasteiger partial charge in [0, 0.05) is 12.6 Å². The molecule has 1 heterocycles. The first-order valence-corrected chi connectivity index (χ1v) is 5.34. The standard InChI is InChI=1S/C14H13NO/c16-14(13-8-4-5-11-15-13)10-9-12-6-2-1-3-7-12/h1-8,11H,9-10H2. The van der Waals surface area contributed by atoms with E-state index in [1.807, 2.05) is 42.5 Å². The number of pyridine rings is 1. The number of Topliss-reactive ketones (excluding diaryl/α,β-unsaturated/α-hetero) is 1. The van der Waals surface area contributed by atoms with Gasteiger partial charge >= 0.3 is 0 Å². The van der Waals surface area contributed by atoms with E-state index in [9.17, 15) is 4.79 Å². The Morgan fingerprint density at radius 2 is 1.75 bits per heavy atom. The van der Waals surface area contributed by atoms with Crippen LogP contribution in [0.3, 0.4) is 0 Å². The molecule has 2 aromatic rings. The Morgan fingerprint density at radius 1 is 1.00 bits per heavy atom. The van der Waals surface area contributed by atoms with E-state index in [0.717, 1.165) is 6.42 Å². The summed E-state index contributed by atoms with van der Waals surface area (Å²) in [6.07, 6.45) is 2.94. The van der Waals surface area contributed by atoms with Gasteiger partial charge in [-0.25, -0.2) is 0 Å². The van der Waals surface area contributed by atoms with Gasteiger partial charge in [0.1, 0.15) is 5.69 Å². The summed E-state index contributed by atoms with van der Waals surface area (Å²) in [5, 5.41) is 0. The van der Waals surface area contributed by atoms with Crippen LogP contribution in [-0.2, 0) is 6.42 Å². The number of rotatable bonds is 4. The Morgan fingerprint density at radius 3 is 2.44 bits per heavy atom. The fraction of sp³-hybridized carbons (Fsp3) is 0.143. The molecule has 0 aliphatic heterocycles. The minimum Gasteiger partial charge on any atom is -0.292 e. The van der Waals surface area contributed by atoms with Gasteiger partial charge in [-0.15, -0.1) is 0 Å². The molecule has 0 saturated carbocycles. The smallest absolute Gasteiger partial charge is 0.181 e. The van der Waals surface area contributed by atoms with Crippen LogP contribution in [0, 0.1) is 0 Å². The Hall–Kier alpha value is -1.96. The van der Waals surface area contributed by atoms with Crippen LogP contribution in [0.5, 0.6) is 0 Å². The molecule has 0 N–H and O–H groups in total. The lowest BCUT2D eigenvalue weighted by molar-refractivity contribution is 0.0978. The molecule has 0 atom stereocenters. The molecule has 0 fully saturated rings. The van der Waals surface area contributed by atoms with E-state index < -0.39 is 0 Å². The predicted octanol–water partition coefficient (Wildman–Crippen LogP) is 2.90. The summed E-state index contributed by atoms with van der Waals surface area (Å²) < 4.78 is 0. The highest BCUT2D eigenvalue weighted by molar-refractivity contribution is 5.94. The SMILES string of the molecule is O=C(CCc1ccccc1)c1ccccn1. The molecule has 0 aliphatic rings. The third-order valence-electron chi connectivity index (χ3n) is 2.43. The van der Waals surface area contributed by atoms with E-state index in [4.69, 9.17) is 0 Å². The summed E-state index contributed by atoms with van der Waals surface area (Å²) in [6, 6.07) is 15.4. The van der Waals surface area contributed by atoms with Crippen LogP contribution in [0.2, 0.25) is 0 Å². The second-order valence-corrected chi connectivity index (χ2v) is 3.62. The van der Waals surface area contributed by atoms with Crippen LogP contribution < -0.4 is 0 Å². The molecular formula is C14H13NO. The first-order chi connectivity index (χ1) is 7.86. The molecular weight excluding hydrogens is 198 g/mol. The largest absolute Gasteiger partial charge is 0.292 e. The van der Waals surface area contributed by atoms with E-state index >= 15 is 0 Å². The highest BCUT2D eigenvalue weighted by atomic mass is 16.1. The molecule has 0 bridgehead atoms. The number of aromatic nitrogens is 1. The Labute approximate surface area is 95.0 Å². The molecule has 0 aliphatic carbocycles. The normalized spacial score (nSPS) is 10.0. The number of hydrogen-bond acceptors (Lipinski definition) is 2. The average molecular weight is 211 g/mol. The summed E-state index contributed by atoms with van der Waals surface area (Å²) in [6.45, 7) is 0. The van der Waals surface area contributed by atoms with E-state index in [0.29, 0.717) is 12.1 Å². The highest BCUT2D eigenvalue weighted by Gasteiger charge is 2.06. The molecule has 1 aromatic carbocycles. The van der Waals surface area contributed by atoms with Crippen molar-refractivity contribution in [3.8, 4) is 0 Å². The molecule has 0 unspecified atom stereocenters. The number of hydrogen-bond donors (Lipinski definition) is 0. The lowest BCUT2D eigenvalue weighted by Crippen LogP contribution is -2.03. The number of carbonyl (C=O) groups is 1. The van der Waals surface area contributed by atoms with Gasteiger partial charge in [0.15, 0.2) is 5.78 Å². The van der Waals surface area contributed by atoms with Crippen molar-refractivity contribution in [1.29, 1.82) is 0 Å². The van der Waals surface area contributed by atoms with Crippen LogP contribution in [0.15, 0.2) is 54.7 Å². The monoisotopic (exact) mass is 211 g/mol. The van der Waals surface area contributed by atoms with Gasteiger partial charge in [0.05, 0.1) is 0 Å². The van der Waals surface area contributed by atoms with Crippen LogP contribution in [0.1, 0.15) is 22.5 Å². The summed E-state index contributed by atoms with van der Waals surface area (Å²) in [7, 11) is 0. The van der Waals surface area contributed by atoms with Crippen molar-refractivity contribution in [1.82, 2.24) is 4.98 Å². The van der Waals surface area contributed by atoms with Crippen molar-refractivity contribution in [2.24, 2.45) is 0 Å². The van der Waals surface area contributed by atoms with Gasteiger partial charge in [-0.05, 0) is 24.1 Å². The number of aryl methyl sites for hydroxylation is 1. The van der Waals surface area contributed by atoms with Crippen LogP contribution in [0.25, 0.3) is 0 Å². The van der Waals surface area contributed by atoms with Crippen LogP contribution >= 0.6 is 0 Å². The van der Waals surface area contributed by atoms with Crippen molar-refractivity contribution in [2.45, 2.75) is 12.8 Å². The Bertz CT molecular complexity index is 451. The molecule has 80 valence electrons. The summed E-state index contributed by atoms with van der Waals surface area (Å²) in [5.74, 6) is 0.101. The predicted molar refractivity (Wildman–Crippen MR) is 63.3 cm³/mol. The second kappa shape index (κ2) is 5.21. The number of carbonyl (C=O) groups excluding carboxylic acids is 1. The third-order valence-corrected chi connectivity index (χ3v) is 2.43. The lowest BCUT2D eigenvalue weighted by atomic mass is 10.1. The zero-order chi connectivity index (χ0) is 11.2. The lowest BCUT2D eigenvalue weighted by Gasteiger charge is -2.00. The summed E-state index contributed by atoms with van der Waals surface area (Å²) in [5.41, 5.74) is 1.74. The molecule has 0 saturated heterocycles. The van der Waals surface area contributed by atoms with E-state index in [2.05, 4.69) is 4.98 Å². The van der Waals surface area contributed by atoms with E-state index in [-0.39, 0.29) is 5.78 Å². The Kier molecular flexibility index (Phi) is 3.44. The van der Waals surface area contributed by atoms with Gasteiger partial charge < -0.3 is 0 Å². The molecule has 1 aromatic heterocycles. The third kappa shape index (κ3) is 2.76. The second-order valence-electron chi connectivity index (χ2n) is 3.62. The van der Waals surface area contributed by atoms with Gasteiger partial charge in [-0.3, -0.25) is 9.78 Å². The topological polar surface area (TPSA) is 30.0 Å². The minimum absolute atomic E-state index is 0.101. The van der Waals surface area contributed by atoms with Gasteiger partial charge in [-0.1, -0.05) is 36.4 Å². The quantitative estimate of drug-likeness (QED) is 0.728. The summed E-state index contributed by atoms with van der Waals surface area (Å²) in [4.78, 5) is 15.8. The van der Waals surface area contributed by atoms with Crippen molar-refractivity contribution in [3.05, 3.63) is 66.0 Å². The molecule has 0 spiro atoms. The zero-order valence-electron chi connectivity index (χ0n) is 8.97. The van der Waals surface area contributed by atoms with Gasteiger partial charge in [0.25, 0.3) is 0 Å². The maximum atomic E-state index is 11.8. The van der Waals surface area contributed by atoms with Crippen LogP contribution in [-0.4, -0.2) is 10.8 Å². The van der Waals surface area contributed by atoms with Crippen molar-refractivity contribution in [3.63, 3.8) is 0 Å². The number of ketones is 1. The zero-order valence-corrected chi connectivity index (χ0v) is 8.97. The fourth-order valence-electron chi connectivity index (χ4n) is 1.56. The fourth-order valence-corrected chi connectivity index (χ4v) is 1.56. The van der Waals surface area contributed by atoms with Crippen molar-refractivity contribution < 1.29 is 4.79 Å². The molecule has 2 nitrogen and oxygen atoms in total. The molecule has 2 heteroatoms. The van der Waals surface area contributed by atoms with Gasteiger partial charge in [0.2, 0.25) is 0 Å². The maximum absolute atomic E-state index is 11.8. The Balaban J connectivity index is 1.95. The maximum Gasteiger partial charge on any atom is 0.181 e. The highest BCUT2D eigenvalue weighted by Crippen LogP contribution is 2.06. The number of nitrogens with zero attached hydrogens (tertiary/aromatic N) is 1. The molecule has 0 radical (unpaired) electrons. The van der Waals surface area contributed by atoms with E-state index in [1.165, 1.54) is 5.56 Å². The average Bonchev–Trinajstić information content (AvgIpc) is 2.38. The van der Waals surface area contributed by atoms with Crippen molar-refractivity contribution in [2.75, 3.05) is 0 Å². The first kappa shape index (κ1) is 10.6.